The number of rotatable bonds is 5. The Bertz CT molecular complexity index is 956. The molecule has 8 heteroatoms. The molecule has 0 atom stereocenters. The van der Waals surface area contributed by atoms with Gasteiger partial charge in [0.05, 0.1) is 17.0 Å². The molecule has 0 saturated heterocycles. The Labute approximate surface area is 158 Å². The largest absolute Gasteiger partial charge is 0.495 e. The lowest BCUT2D eigenvalue weighted by Gasteiger charge is -2.16. The van der Waals surface area contributed by atoms with Crippen LogP contribution in [0.4, 0.5) is 5.69 Å². The number of methoxy groups -OCH3 is 1. The summed E-state index contributed by atoms with van der Waals surface area (Å²) in [4.78, 5) is 12.7. The van der Waals surface area contributed by atoms with E-state index in [9.17, 15) is 13.2 Å². The molecule has 0 aromatic heterocycles. The minimum Gasteiger partial charge on any atom is -0.495 e. The first-order chi connectivity index (χ1) is 12.1. The minimum atomic E-state index is -3.66. The Morgan fingerprint density at radius 2 is 1.81 bits per heavy atom. The number of anilines is 1. The maximum Gasteiger partial charge on any atom is 0.255 e. The van der Waals surface area contributed by atoms with Gasteiger partial charge in [-0.3, -0.25) is 4.79 Å². The van der Waals surface area contributed by atoms with Gasteiger partial charge in [0.2, 0.25) is 10.0 Å². The van der Waals surface area contributed by atoms with Crippen molar-refractivity contribution in [1.29, 1.82) is 0 Å². The molecular formula is C18H21ClN2O4S. The van der Waals surface area contributed by atoms with E-state index in [0.717, 1.165) is 4.31 Å². The Balaban J connectivity index is 2.41. The monoisotopic (exact) mass is 396 g/mol. The predicted octanol–water partition coefficient (Wildman–Crippen LogP) is 3.47. The summed E-state index contributed by atoms with van der Waals surface area (Å²) in [6.07, 6.45) is 0. The quantitative estimate of drug-likeness (QED) is 0.839. The van der Waals surface area contributed by atoms with E-state index in [1.165, 1.54) is 27.3 Å². The van der Waals surface area contributed by atoms with Crippen LogP contribution in [-0.2, 0) is 10.0 Å². The van der Waals surface area contributed by atoms with Crippen molar-refractivity contribution in [2.45, 2.75) is 18.7 Å². The van der Waals surface area contributed by atoms with Crippen molar-refractivity contribution in [1.82, 2.24) is 4.31 Å². The van der Waals surface area contributed by atoms with Crippen LogP contribution in [0.25, 0.3) is 0 Å². The summed E-state index contributed by atoms with van der Waals surface area (Å²) in [5, 5.41) is 3.08. The highest BCUT2D eigenvalue weighted by Crippen LogP contribution is 2.28. The summed E-state index contributed by atoms with van der Waals surface area (Å²) in [6.45, 7) is 3.49. The SMILES string of the molecule is COc1ccc(NC(=O)c2cc(C)c(C)c(S(=O)(=O)N(C)C)c2)cc1Cl. The summed E-state index contributed by atoms with van der Waals surface area (Å²) >= 11 is 6.06. The van der Waals surface area contributed by atoms with Crippen LogP contribution in [0.5, 0.6) is 5.75 Å². The van der Waals surface area contributed by atoms with E-state index in [4.69, 9.17) is 16.3 Å². The molecule has 2 aromatic carbocycles. The van der Waals surface area contributed by atoms with Crippen LogP contribution in [0.2, 0.25) is 5.02 Å². The first kappa shape index (κ1) is 20.2. The highest BCUT2D eigenvalue weighted by Gasteiger charge is 2.23. The first-order valence-corrected chi connectivity index (χ1v) is 9.58. The lowest BCUT2D eigenvalue weighted by atomic mass is 10.1. The molecule has 0 heterocycles. The first-order valence-electron chi connectivity index (χ1n) is 7.76. The standard InChI is InChI=1S/C18H21ClN2O4S/c1-11-8-13(9-17(12(11)2)26(23,24)21(3)4)18(22)20-14-6-7-16(25-5)15(19)10-14/h6-10H,1-5H3,(H,20,22). The van der Waals surface area contributed by atoms with Crippen molar-refractivity contribution < 1.29 is 17.9 Å². The van der Waals surface area contributed by atoms with Crippen LogP contribution in [0.3, 0.4) is 0 Å². The fraction of sp³-hybridized carbons (Fsp3) is 0.278. The number of benzene rings is 2. The molecule has 0 unspecified atom stereocenters. The molecule has 0 saturated carbocycles. The molecule has 0 spiro atoms. The summed E-state index contributed by atoms with van der Waals surface area (Å²) in [7, 11) is 0.751. The summed E-state index contributed by atoms with van der Waals surface area (Å²) < 4.78 is 31.2. The molecule has 1 N–H and O–H groups in total. The normalized spacial score (nSPS) is 11.5. The lowest BCUT2D eigenvalue weighted by molar-refractivity contribution is 0.102. The van der Waals surface area contributed by atoms with Gasteiger partial charge in [0.25, 0.3) is 5.91 Å². The number of nitrogens with zero attached hydrogens (tertiary/aromatic N) is 1. The third kappa shape index (κ3) is 4.00. The van der Waals surface area contributed by atoms with Crippen molar-refractivity contribution >= 4 is 33.2 Å². The van der Waals surface area contributed by atoms with Gasteiger partial charge in [0.1, 0.15) is 5.75 Å². The fourth-order valence-corrected chi connectivity index (χ4v) is 3.85. The Morgan fingerprint density at radius 1 is 1.15 bits per heavy atom. The topological polar surface area (TPSA) is 75.7 Å². The lowest BCUT2D eigenvalue weighted by Crippen LogP contribution is -2.24. The number of carbonyl (C=O) groups is 1. The van der Waals surface area contributed by atoms with Gasteiger partial charge < -0.3 is 10.1 Å². The summed E-state index contributed by atoms with van der Waals surface area (Å²) in [5.41, 5.74) is 2.06. The molecular weight excluding hydrogens is 376 g/mol. The molecule has 0 aliphatic carbocycles. The van der Waals surface area contributed by atoms with Crippen molar-refractivity contribution in [2.75, 3.05) is 26.5 Å². The molecule has 0 fully saturated rings. The van der Waals surface area contributed by atoms with E-state index in [-0.39, 0.29) is 10.5 Å². The third-order valence-electron chi connectivity index (χ3n) is 4.05. The van der Waals surface area contributed by atoms with E-state index < -0.39 is 15.9 Å². The number of carbonyl (C=O) groups excluding carboxylic acids is 1. The van der Waals surface area contributed by atoms with Gasteiger partial charge in [-0.25, -0.2) is 12.7 Å². The van der Waals surface area contributed by atoms with Crippen LogP contribution >= 0.6 is 11.6 Å². The molecule has 140 valence electrons. The second kappa shape index (κ2) is 7.65. The van der Waals surface area contributed by atoms with Gasteiger partial charge >= 0.3 is 0 Å². The Morgan fingerprint density at radius 3 is 2.35 bits per heavy atom. The minimum absolute atomic E-state index is 0.111. The maximum atomic E-state index is 12.6. The molecule has 1 amide bonds. The number of hydrogen-bond acceptors (Lipinski definition) is 4. The number of hydrogen-bond donors (Lipinski definition) is 1. The van der Waals surface area contributed by atoms with Crippen molar-refractivity contribution in [3.8, 4) is 5.75 Å². The molecule has 0 aliphatic rings. The number of ether oxygens (including phenoxy) is 1. The number of amides is 1. The van der Waals surface area contributed by atoms with Gasteiger partial charge in [0.15, 0.2) is 0 Å². The highest BCUT2D eigenvalue weighted by molar-refractivity contribution is 7.89. The van der Waals surface area contributed by atoms with E-state index in [0.29, 0.717) is 27.6 Å². The van der Waals surface area contributed by atoms with Crippen LogP contribution in [0, 0.1) is 13.8 Å². The van der Waals surface area contributed by atoms with Gasteiger partial charge in [-0.15, -0.1) is 0 Å². The van der Waals surface area contributed by atoms with Crippen molar-refractivity contribution in [2.24, 2.45) is 0 Å². The van der Waals surface area contributed by atoms with Crippen LogP contribution in [-0.4, -0.2) is 39.8 Å². The molecule has 26 heavy (non-hydrogen) atoms. The molecule has 2 aromatic rings. The van der Waals surface area contributed by atoms with Gasteiger partial charge in [-0.2, -0.15) is 0 Å². The fourth-order valence-electron chi connectivity index (χ4n) is 2.37. The average molecular weight is 397 g/mol. The molecule has 0 radical (unpaired) electrons. The zero-order valence-electron chi connectivity index (χ0n) is 15.3. The van der Waals surface area contributed by atoms with E-state index >= 15 is 0 Å². The zero-order valence-corrected chi connectivity index (χ0v) is 16.8. The average Bonchev–Trinajstić information content (AvgIpc) is 2.56. The van der Waals surface area contributed by atoms with Gasteiger partial charge in [0, 0.05) is 25.3 Å². The Kier molecular flexibility index (Phi) is 5.95. The third-order valence-corrected chi connectivity index (χ3v) is 6.29. The predicted molar refractivity (Wildman–Crippen MR) is 103 cm³/mol. The second-order valence-electron chi connectivity index (χ2n) is 6.01. The van der Waals surface area contributed by atoms with Crippen molar-refractivity contribution in [3.05, 3.63) is 52.0 Å². The number of nitrogens with one attached hydrogen (secondary N) is 1. The van der Waals surface area contributed by atoms with E-state index in [1.54, 1.807) is 38.1 Å². The van der Waals surface area contributed by atoms with Gasteiger partial charge in [-0.1, -0.05) is 11.6 Å². The maximum absolute atomic E-state index is 12.6. The second-order valence-corrected chi connectivity index (χ2v) is 8.53. The van der Waals surface area contributed by atoms with E-state index in [1.807, 2.05) is 0 Å². The molecule has 6 nitrogen and oxygen atoms in total. The van der Waals surface area contributed by atoms with Crippen LogP contribution < -0.4 is 10.1 Å². The highest BCUT2D eigenvalue weighted by atomic mass is 35.5. The summed E-state index contributed by atoms with van der Waals surface area (Å²) in [6, 6.07) is 7.90. The number of halogens is 1. The number of sulfonamides is 1. The zero-order chi connectivity index (χ0) is 19.6. The molecule has 0 aliphatic heterocycles. The summed E-state index contributed by atoms with van der Waals surface area (Å²) in [5.74, 6) is 0.0692. The van der Waals surface area contributed by atoms with Crippen LogP contribution in [0.1, 0.15) is 21.5 Å². The Hall–Kier alpha value is -2.09. The molecule has 0 bridgehead atoms. The smallest absolute Gasteiger partial charge is 0.255 e. The molecule has 2 rings (SSSR count). The van der Waals surface area contributed by atoms with Crippen molar-refractivity contribution in [3.63, 3.8) is 0 Å². The van der Waals surface area contributed by atoms with Crippen LogP contribution in [0.15, 0.2) is 35.2 Å². The van der Waals surface area contributed by atoms with Gasteiger partial charge in [-0.05, 0) is 55.3 Å². The van der Waals surface area contributed by atoms with E-state index in [2.05, 4.69) is 5.32 Å². The number of aryl methyl sites for hydroxylation is 1.